The van der Waals surface area contributed by atoms with Gasteiger partial charge in [-0.05, 0) is 55.5 Å². The second kappa shape index (κ2) is 9.25. The van der Waals surface area contributed by atoms with E-state index in [9.17, 15) is 0 Å². The van der Waals surface area contributed by atoms with E-state index in [-0.39, 0.29) is 0 Å². The van der Waals surface area contributed by atoms with E-state index in [1.54, 1.807) is 13.4 Å². The average Bonchev–Trinajstić information content (AvgIpc) is 2.73. The highest BCUT2D eigenvalue weighted by molar-refractivity contribution is 5.96. The van der Waals surface area contributed by atoms with Crippen LogP contribution >= 0.6 is 0 Å². The SMILES string of the molecule is COc1ccc(N=C(Oc2ccccc2)/C(C)=C/Oc2ccccc2)cc1. The Bertz CT molecular complexity index is 901. The fraction of sp³-hybridized carbons (Fsp3) is 0.0870. The zero-order chi connectivity index (χ0) is 18.9. The molecule has 4 heteroatoms. The Balaban J connectivity index is 1.87. The number of rotatable bonds is 6. The van der Waals surface area contributed by atoms with E-state index in [1.807, 2.05) is 91.9 Å². The zero-order valence-electron chi connectivity index (χ0n) is 15.3. The molecule has 0 fully saturated rings. The topological polar surface area (TPSA) is 40.0 Å². The molecule has 0 atom stereocenters. The third-order valence-electron chi connectivity index (χ3n) is 3.71. The molecule has 0 aliphatic carbocycles. The van der Waals surface area contributed by atoms with Crippen molar-refractivity contribution in [3.63, 3.8) is 0 Å². The lowest BCUT2D eigenvalue weighted by molar-refractivity contribution is 0.415. The molecule has 27 heavy (non-hydrogen) atoms. The summed E-state index contributed by atoms with van der Waals surface area (Å²) in [6.45, 7) is 1.90. The summed E-state index contributed by atoms with van der Waals surface area (Å²) < 4.78 is 16.9. The zero-order valence-corrected chi connectivity index (χ0v) is 15.3. The molecule has 0 aliphatic heterocycles. The number of methoxy groups -OCH3 is 1. The van der Waals surface area contributed by atoms with E-state index in [0.29, 0.717) is 11.6 Å². The largest absolute Gasteiger partial charge is 0.497 e. The molecular weight excluding hydrogens is 338 g/mol. The molecule has 0 aromatic heterocycles. The first kappa shape index (κ1) is 18.3. The molecule has 3 aromatic carbocycles. The van der Waals surface area contributed by atoms with Crippen LogP contribution in [-0.2, 0) is 0 Å². The van der Waals surface area contributed by atoms with Crippen molar-refractivity contribution < 1.29 is 14.2 Å². The summed E-state index contributed by atoms with van der Waals surface area (Å²) in [5.74, 6) is 2.69. The Morgan fingerprint density at radius 2 is 1.33 bits per heavy atom. The van der Waals surface area contributed by atoms with Crippen LogP contribution in [0.2, 0.25) is 0 Å². The summed E-state index contributed by atoms with van der Waals surface area (Å²) in [4.78, 5) is 4.63. The van der Waals surface area contributed by atoms with Crippen LogP contribution in [0.3, 0.4) is 0 Å². The van der Waals surface area contributed by atoms with Crippen LogP contribution < -0.4 is 14.2 Å². The monoisotopic (exact) mass is 359 g/mol. The molecule has 0 unspecified atom stereocenters. The Morgan fingerprint density at radius 3 is 1.93 bits per heavy atom. The Labute approximate surface area is 159 Å². The third-order valence-corrected chi connectivity index (χ3v) is 3.71. The molecule has 0 aliphatic rings. The Morgan fingerprint density at radius 1 is 0.741 bits per heavy atom. The van der Waals surface area contributed by atoms with E-state index in [4.69, 9.17) is 14.2 Å². The van der Waals surface area contributed by atoms with Gasteiger partial charge in [0.25, 0.3) is 0 Å². The number of hydrogen-bond acceptors (Lipinski definition) is 4. The van der Waals surface area contributed by atoms with Crippen molar-refractivity contribution in [1.82, 2.24) is 0 Å². The van der Waals surface area contributed by atoms with Crippen LogP contribution in [-0.4, -0.2) is 13.0 Å². The number of aliphatic imine (C=N–C) groups is 1. The van der Waals surface area contributed by atoms with E-state index in [2.05, 4.69) is 4.99 Å². The van der Waals surface area contributed by atoms with Gasteiger partial charge in [0.15, 0.2) is 0 Å². The highest BCUT2D eigenvalue weighted by Gasteiger charge is 2.08. The molecule has 3 aromatic rings. The van der Waals surface area contributed by atoms with Gasteiger partial charge in [-0.1, -0.05) is 36.4 Å². The van der Waals surface area contributed by atoms with E-state index < -0.39 is 0 Å². The first-order valence-corrected chi connectivity index (χ1v) is 8.59. The summed E-state index contributed by atoms with van der Waals surface area (Å²) >= 11 is 0. The predicted octanol–water partition coefficient (Wildman–Crippen LogP) is 5.79. The highest BCUT2D eigenvalue weighted by Crippen LogP contribution is 2.21. The van der Waals surface area contributed by atoms with Crippen molar-refractivity contribution in [3.8, 4) is 17.2 Å². The first-order chi connectivity index (χ1) is 13.2. The summed E-state index contributed by atoms with van der Waals surface area (Å²) in [5.41, 5.74) is 1.52. The number of benzene rings is 3. The number of nitrogens with zero attached hydrogens (tertiary/aromatic N) is 1. The predicted molar refractivity (Wildman–Crippen MR) is 108 cm³/mol. The Kier molecular flexibility index (Phi) is 6.26. The minimum atomic E-state index is 0.460. The molecule has 0 saturated heterocycles. The van der Waals surface area contributed by atoms with Crippen molar-refractivity contribution in [2.24, 2.45) is 4.99 Å². The van der Waals surface area contributed by atoms with Crippen molar-refractivity contribution >= 4 is 11.6 Å². The summed E-state index contributed by atoms with van der Waals surface area (Å²) in [7, 11) is 1.63. The van der Waals surface area contributed by atoms with Gasteiger partial charge in [-0.15, -0.1) is 0 Å². The van der Waals surface area contributed by atoms with Gasteiger partial charge in [0.05, 0.1) is 19.1 Å². The van der Waals surface area contributed by atoms with Gasteiger partial charge in [0.1, 0.15) is 17.2 Å². The third kappa shape index (κ3) is 5.47. The lowest BCUT2D eigenvalue weighted by atomic mass is 10.3. The second-order valence-electron chi connectivity index (χ2n) is 5.76. The summed E-state index contributed by atoms with van der Waals surface area (Å²) in [6.07, 6.45) is 1.64. The van der Waals surface area contributed by atoms with Crippen molar-refractivity contribution in [1.29, 1.82) is 0 Å². The maximum absolute atomic E-state index is 6.00. The Hall–Kier alpha value is -3.53. The molecule has 0 amide bonds. The van der Waals surface area contributed by atoms with E-state index in [1.165, 1.54) is 0 Å². The van der Waals surface area contributed by atoms with Gasteiger partial charge in [0, 0.05) is 5.57 Å². The molecule has 0 bridgehead atoms. The molecule has 0 saturated carbocycles. The lowest BCUT2D eigenvalue weighted by Crippen LogP contribution is -2.10. The first-order valence-electron chi connectivity index (χ1n) is 8.59. The van der Waals surface area contributed by atoms with Crippen LogP contribution in [0.4, 0.5) is 5.69 Å². The maximum atomic E-state index is 6.00. The standard InChI is InChI=1S/C23H21NO3/c1-18(17-26-21-9-5-3-6-10-21)23(27-22-11-7-4-8-12-22)24-19-13-15-20(25-2)16-14-19/h3-17H,1-2H3/b18-17+,24-23?. The lowest BCUT2D eigenvalue weighted by Gasteiger charge is -2.10. The van der Waals surface area contributed by atoms with Crippen molar-refractivity contribution in [3.05, 3.63) is 96.8 Å². The molecule has 0 spiro atoms. The number of para-hydroxylation sites is 2. The fourth-order valence-corrected chi connectivity index (χ4v) is 2.27. The minimum Gasteiger partial charge on any atom is -0.497 e. The molecule has 0 heterocycles. The van der Waals surface area contributed by atoms with E-state index >= 15 is 0 Å². The minimum absolute atomic E-state index is 0.460. The number of ether oxygens (including phenoxy) is 3. The quantitative estimate of drug-likeness (QED) is 0.318. The van der Waals surface area contributed by atoms with Gasteiger partial charge < -0.3 is 14.2 Å². The summed E-state index contributed by atoms with van der Waals surface area (Å²) in [6, 6.07) is 26.6. The van der Waals surface area contributed by atoms with Crippen molar-refractivity contribution in [2.75, 3.05) is 7.11 Å². The van der Waals surface area contributed by atoms with Crippen LogP contribution in [0.15, 0.2) is 102 Å². The smallest absolute Gasteiger partial charge is 0.225 e. The molecule has 3 rings (SSSR count). The normalized spacial score (nSPS) is 11.8. The van der Waals surface area contributed by atoms with Crippen molar-refractivity contribution in [2.45, 2.75) is 6.92 Å². The van der Waals surface area contributed by atoms with Gasteiger partial charge in [-0.3, -0.25) is 0 Å². The summed E-state index contributed by atoms with van der Waals surface area (Å²) in [5, 5.41) is 0. The molecule has 4 nitrogen and oxygen atoms in total. The van der Waals surface area contributed by atoms with Crippen LogP contribution in [0.25, 0.3) is 0 Å². The van der Waals surface area contributed by atoms with Gasteiger partial charge in [-0.2, -0.15) is 0 Å². The van der Waals surface area contributed by atoms with Gasteiger partial charge in [-0.25, -0.2) is 4.99 Å². The number of hydrogen-bond donors (Lipinski definition) is 0. The average molecular weight is 359 g/mol. The van der Waals surface area contributed by atoms with Crippen LogP contribution in [0.1, 0.15) is 6.92 Å². The molecule has 136 valence electrons. The van der Waals surface area contributed by atoms with Crippen LogP contribution in [0, 0.1) is 0 Å². The van der Waals surface area contributed by atoms with E-state index in [0.717, 1.165) is 22.8 Å². The maximum Gasteiger partial charge on any atom is 0.225 e. The molecule has 0 N–H and O–H groups in total. The second-order valence-corrected chi connectivity index (χ2v) is 5.76. The van der Waals surface area contributed by atoms with Gasteiger partial charge in [0.2, 0.25) is 5.90 Å². The van der Waals surface area contributed by atoms with Crippen LogP contribution in [0.5, 0.6) is 17.2 Å². The van der Waals surface area contributed by atoms with Gasteiger partial charge >= 0.3 is 0 Å². The molecule has 0 radical (unpaired) electrons. The molecular formula is C23H21NO3. The highest BCUT2D eigenvalue weighted by atomic mass is 16.5. The fourth-order valence-electron chi connectivity index (χ4n) is 2.27.